The van der Waals surface area contributed by atoms with E-state index in [9.17, 15) is 14.7 Å². The van der Waals surface area contributed by atoms with Gasteiger partial charge in [0.05, 0.1) is 11.8 Å². The number of carboxylic acids is 1. The number of amides is 1. The van der Waals surface area contributed by atoms with E-state index < -0.39 is 11.9 Å². The minimum absolute atomic E-state index is 0.0307. The number of carboxylic acid groups (broad SMARTS) is 1. The van der Waals surface area contributed by atoms with Crippen LogP contribution in [0.25, 0.3) is 0 Å². The Morgan fingerprint density at radius 3 is 2.25 bits per heavy atom. The van der Waals surface area contributed by atoms with Crippen molar-refractivity contribution in [1.29, 1.82) is 0 Å². The van der Waals surface area contributed by atoms with E-state index in [0.717, 1.165) is 32.2 Å². The number of nitrogens with one attached hydrogen (secondary N) is 1. The lowest BCUT2D eigenvalue weighted by Crippen LogP contribution is -2.43. The molecule has 20 heavy (non-hydrogen) atoms. The standard InChI is InChI=1S/C16H27NO3/c1-2-16(9-5-6-10-16)11-17-14(18)12-7-3-4-8-13(12)15(19)20/h12-13H,2-11H2,1H3,(H,17,18)(H,19,20)/t12-,13+/m1/s1. The maximum absolute atomic E-state index is 12.4. The van der Waals surface area contributed by atoms with Crippen LogP contribution in [0.5, 0.6) is 0 Å². The zero-order valence-electron chi connectivity index (χ0n) is 12.5. The van der Waals surface area contributed by atoms with Gasteiger partial charge in [0.2, 0.25) is 5.91 Å². The van der Waals surface area contributed by atoms with Crippen LogP contribution in [0.3, 0.4) is 0 Å². The van der Waals surface area contributed by atoms with E-state index in [0.29, 0.717) is 6.42 Å². The Kier molecular flexibility index (Phi) is 5.06. The predicted octanol–water partition coefficient (Wildman–Crippen LogP) is 2.96. The highest BCUT2D eigenvalue weighted by atomic mass is 16.4. The van der Waals surface area contributed by atoms with Crippen LogP contribution in [0.2, 0.25) is 0 Å². The predicted molar refractivity (Wildman–Crippen MR) is 77.3 cm³/mol. The average Bonchev–Trinajstić information content (AvgIpc) is 2.94. The molecule has 2 aliphatic rings. The Morgan fingerprint density at radius 1 is 1.10 bits per heavy atom. The first-order valence-electron chi connectivity index (χ1n) is 8.08. The van der Waals surface area contributed by atoms with Gasteiger partial charge in [-0.3, -0.25) is 9.59 Å². The summed E-state index contributed by atoms with van der Waals surface area (Å²) in [6, 6.07) is 0. The zero-order valence-corrected chi connectivity index (χ0v) is 12.5. The smallest absolute Gasteiger partial charge is 0.307 e. The van der Waals surface area contributed by atoms with Crippen molar-refractivity contribution in [3.63, 3.8) is 0 Å². The third kappa shape index (κ3) is 3.33. The van der Waals surface area contributed by atoms with E-state index in [-0.39, 0.29) is 17.2 Å². The van der Waals surface area contributed by atoms with Crippen molar-refractivity contribution in [3.8, 4) is 0 Å². The highest BCUT2D eigenvalue weighted by Gasteiger charge is 2.37. The second-order valence-electron chi connectivity index (χ2n) is 6.61. The Morgan fingerprint density at radius 2 is 1.70 bits per heavy atom. The van der Waals surface area contributed by atoms with Gasteiger partial charge in [0, 0.05) is 6.54 Å². The van der Waals surface area contributed by atoms with Gasteiger partial charge in [0.1, 0.15) is 0 Å². The zero-order chi connectivity index (χ0) is 14.6. The van der Waals surface area contributed by atoms with Crippen LogP contribution in [0.4, 0.5) is 0 Å². The molecule has 1 amide bonds. The van der Waals surface area contributed by atoms with E-state index in [2.05, 4.69) is 12.2 Å². The first kappa shape index (κ1) is 15.3. The molecule has 0 bridgehead atoms. The van der Waals surface area contributed by atoms with E-state index in [1.165, 1.54) is 25.7 Å². The van der Waals surface area contributed by atoms with Crippen LogP contribution in [0.1, 0.15) is 64.7 Å². The molecule has 0 saturated heterocycles. The van der Waals surface area contributed by atoms with Crippen molar-refractivity contribution >= 4 is 11.9 Å². The molecular weight excluding hydrogens is 254 g/mol. The van der Waals surface area contributed by atoms with E-state index in [1.54, 1.807) is 0 Å². The highest BCUT2D eigenvalue weighted by Crippen LogP contribution is 2.40. The molecule has 0 unspecified atom stereocenters. The van der Waals surface area contributed by atoms with Gasteiger partial charge in [-0.2, -0.15) is 0 Å². The quantitative estimate of drug-likeness (QED) is 0.814. The Balaban J connectivity index is 1.91. The molecule has 0 aromatic rings. The molecule has 0 heterocycles. The van der Waals surface area contributed by atoms with E-state index in [1.807, 2.05) is 0 Å². The molecule has 2 aliphatic carbocycles. The summed E-state index contributed by atoms with van der Waals surface area (Å²) in [5, 5.41) is 12.3. The molecule has 4 nitrogen and oxygen atoms in total. The summed E-state index contributed by atoms with van der Waals surface area (Å²) >= 11 is 0. The summed E-state index contributed by atoms with van der Waals surface area (Å²) in [4.78, 5) is 23.6. The van der Waals surface area contributed by atoms with Gasteiger partial charge in [-0.15, -0.1) is 0 Å². The summed E-state index contributed by atoms with van der Waals surface area (Å²) in [5.41, 5.74) is 0.267. The van der Waals surface area contributed by atoms with Gasteiger partial charge >= 0.3 is 5.97 Å². The molecule has 2 fully saturated rings. The Labute approximate surface area is 121 Å². The third-order valence-electron chi connectivity index (χ3n) is 5.47. The molecule has 2 rings (SSSR count). The molecule has 114 valence electrons. The number of rotatable bonds is 5. The summed E-state index contributed by atoms with van der Waals surface area (Å²) in [6.45, 7) is 2.92. The van der Waals surface area contributed by atoms with Crippen LogP contribution in [0.15, 0.2) is 0 Å². The fourth-order valence-electron chi connectivity index (χ4n) is 3.93. The summed E-state index contributed by atoms with van der Waals surface area (Å²) < 4.78 is 0. The maximum atomic E-state index is 12.4. The fraction of sp³-hybridized carbons (Fsp3) is 0.875. The Bertz CT molecular complexity index is 361. The lowest BCUT2D eigenvalue weighted by Gasteiger charge is -2.31. The van der Waals surface area contributed by atoms with Crippen LogP contribution in [-0.4, -0.2) is 23.5 Å². The minimum atomic E-state index is -0.809. The van der Waals surface area contributed by atoms with Gasteiger partial charge in [-0.1, -0.05) is 32.6 Å². The molecule has 0 aromatic carbocycles. The molecule has 0 aromatic heterocycles. The summed E-state index contributed by atoms with van der Waals surface area (Å²) in [6.07, 6.45) is 9.26. The molecule has 0 radical (unpaired) electrons. The topological polar surface area (TPSA) is 66.4 Å². The molecule has 2 N–H and O–H groups in total. The monoisotopic (exact) mass is 281 g/mol. The Hall–Kier alpha value is -1.06. The van der Waals surface area contributed by atoms with Gasteiger partial charge in [0.25, 0.3) is 0 Å². The molecule has 2 saturated carbocycles. The summed E-state index contributed by atoms with van der Waals surface area (Å²) in [7, 11) is 0. The number of hydrogen-bond acceptors (Lipinski definition) is 2. The van der Waals surface area contributed by atoms with Crippen molar-refractivity contribution in [2.24, 2.45) is 17.3 Å². The largest absolute Gasteiger partial charge is 0.481 e. The number of hydrogen-bond donors (Lipinski definition) is 2. The van der Waals surface area contributed by atoms with Crippen molar-refractivity contribution in [2.75, 3.05) is 6.54 Å². The van der Waals surface area contributed by atoms with Crippen molar-refractivity contribution in [1.82, 2.24) is 5.32 Å². The van der Waals surface area contributed by atoms with Crippen molar-refractivity contribution in [3.05, 3.63) is 0 Å². The molecule has 0 aliphatic heterocycles. The second kappa shape index (κ2) is 6.59. The lowest BCUT2D eigenvalue weighted by molar-refractivity contribution is -0.149. The molecule has 4 heteroatoms. The van der Waals surface area contributed by atoms with Crippen molar-refractivity contribution in [2.45, 2.75) is 64.7 Å². The van der Waals surface area contributed by atoms with E-state index >= 15 is 0 Å². The third-order valence-corrected chi connectivity index (χ3v) is 5.47. The van der Waals surface area contributed by atoms with Crippen LogP contribution < -0.4 is 5.32 Å². The number of aliphatic carboxylic acids is 1. The first-order valence-corrected chi connectivity index (χ1v) is 8.08. The maximum Gasteiger partial charge on any atom is 0.307 e. The average molecular weight is 281 g/mol. The second-order valence-corrected chi connectivity index (χ2v) is 6.61. The summed E-state index contributed by atoms with van der Waals surface area (Å²) in [5.74, 6) is -1.64. The van der Waals surface area contributed by atoms with Gasteiger partial charge < -0.3 is 10.4 Å². The number of carbonyl (C=O) groups is 2. The highest BCUT2D eigenvalue weighted by molar-refractivity contribution is 5.84. The first-order chi connectivity index (χ1) is 9.58. The van der Waals surface area contributed by atoms with Crippen LogP contribution >= 0.6 is 0 Å². The lowest BCUT2D eigenvalue weighted by atomic mass is 9.78. The van der Waals surface area contributed by atoms with Crippen LogP contribution in [-0.2, 0) is 9.59 Å². The van der Waals surface area contributed by atoms with Crippen molar-refractivity contribution < 1.29 is 14.7 Å². The SMILES string of the molecule is CCC1(CNC(=O)[C@@H]2CCCC[C@@H]2C(=O)O)CCCC1. The molecule has 2 atom stereocenters. The fourth-order valence-corrected chi connectivity index (χ4v) is 3.93. The van der Waals surface area contributed by atoms with Gasteiger partial charge in [-0.05, 0) is 37.5 Å². The normalized spacial score (nSPS) is 29.1. The van der Waals surface area contributed by atoms with Gasteiger partial charge in [-0.25, -0.2) is 0 Å². The number of carbonyl (C=O) groups excluding carboxylic acids is 1. The molecular formula is C16H27NO3. The van der Waals surface area contributed by atoms with E-state index in [4.69, 9.17) is 0 Å². The molecule has 0 spiro atoms. The van der Waals surface area contributed by atoms with Crippen LogP contribution in [0, 0.1) is 17.3 Å². The minimum Gasteiger partial charge on any atom is -0.481 e. The van der Waals surface area contributed by atoms with Gasteiger partial charge in [0.15, 0.2) is 0 Å².